The highest BCUT2D eigenvalue weighted by Gasteiger charge is 2.24. The lowest BCUT2D eigenvalue weighted by Gasteiger charge is -2.10. The highest BCUT2D eigenvalue weighted by Crippen LogP contribution is 2.41. The largest absolute Gasteiger partial charge is 0.503 e. The number of hydrogen-bond acceptors (Lipinski definition) is 5. The van der Waals surface area contributed by atoms with Gasteiger partial charge in [0.05, 0.1) is 12.0 Å². The fourth-order valence-corrected chi connectivity index (χ4v) is 3.02. The molecule has 0 amide bonds. The van der Waals surface area contributed by atoms with Gasteiger partial charge in [0.2, 0.25) is 15.6 Å². The molecule has 0 aliphatic rings. The van der Waals surface area contributed by atoms with Crippen molar-refractivity contribution >= 4 is 9.84 Å². The van der Waals surface area contributed by atoms with Crippen LogP contribution in [0.15, 0.2) is 52.3 Å². The first-order valence-electron chi connectivity index (χ1n) is 5.37. The molecule has 2 rings (SSSR count). The quantitative estimate of drug-likeness (QED) is 0.839. The van der Waals surface area contributed by atoms with E-state index in [9.17, 15) is 18.6 Å². The molecule has 19 heavy (non-hydrogen) atoms. The maximum atomic E-state index is 12.3. The Bertz CT molecular complexity index is 692. The first kappa shape index (κ1) is 13.2. The van der Waals surface area contributed by atoms with Crippen molar-refractivity contribution in [2.75, 3.05) is 7.11 Å². The summed E-state index contributed by atoms with van der Waals surface area (Å²) in [5.74, 6) is -1.31. The molecule has 5 nitrogen and oxygen atoms in total. The van der Waals surface area contributed by atoms with Crippen molar-refractivity contribution in [2.24, 2.45) is 0 Å². The van der Waals surface area contributed by atoms with Crippen LogP contribution in [0.25, 0.3) is 0 Å². The van der Waals surface area contributed by atoms with Crippen LogP contribution in [0.4, 0.5) is 0 Å². The zero-order valence-corrected chi connectivity index (χ0v) is 10.9. The molecule has 6 heteroatoms. The smallest absolute Gasteiger partial charge is 0.210 e. The van der Waals surface area contributed by atoms with Crippen LogP contribution in [0.1, 0.15) is 0 Å². The molecule has 0 spiro atoms. The maximum absolute atomic E-state index is 12.3. The van der Waals surface area contributed by atoms with Crippen LogP contribution >= 0.6 is 0 Å². The SMILES string of the molecule is COc1ccc(S(=O)(=O)c2ccccc2)c(O)c1O. The van der Waals surface area contributed by atoms with Crippen molar-refractivity contribution in [1.82, 2.24) is 0 Å². The Labute approximate surface area is 110 Å². The van der Waals surface area contributed by atoms with Gasteiger partial charge in [0.1, 0.15) is 4.90 Å². The van der Waals surface area contributed by atoms with Crippen LogP contribution in [0, 0.1) is 0 Å². The predicted molar refractivity (Wildman–Crippen MR) is 68.2 cm³/mol. The molecular weight excluding hydrogens is 268 g/mol. The second kappa shape index (κ2) is 4.81. The molecule has 0 saturated carbocycles. The van der Waals surface area contributed by atoms with Gasteiger partial charge in [-0.05, 0) is 24.3 Å². The topological polar surface area (TPSA) is 83.8 Å². The van der Waals surface area contributed by atoms with Gasteiger partial charge in [0.25, 0.3) is 0 Å². The van der Waals surface area contributed by atoms with Crippen LogP contribution in [0.2, 0.25) is 0 Å². The molecule has 0 radical (unpaired) electrons. The lowest BCUT2D eigenvalue weighted by atomic mass is 10.3. The second-order valence-corrected chi connectivity index (χ2v) is 5.70. The minimum atomic E-state index is -3.88. The Morgan fingerprint density at radius 2 is 1.58 bits per heavy atom. The fourth-order valence-electron chi connectivity index (χ4n) is 1.65. The van der Waals surface area contributed by atoms with E-state index in [2.05, 4.69) is 0 Å². The molecule has 0 aliphatic heterocycles. The minimum Gasteiger partial charge on any atom is -0.503 e. The zero-order chi connectivity index (χ0) is 14.0. The van der Waals surface area contributed by atoms with E-state index in [1.807, 2.05) is 0 Å². The van der Waals surface area contributed by atoms with E-state index >= 15 is 0 Å². The number of rotatable bonds is 3. The number of aromatic hydroxyl groups is 2. The highest BCUT2D eigenvalue weighted by molar-refractivity contribution is 7.91. The zero-order valence-electron chi connectivity index (χ0n) is 10.1. The van der Waals surface area contributed by atoms with Gasteiger partial charge in [-0.25, -0.2) is 8.42 Å². The van der Waals surface area contributed by atoms with E-state index in [0.717, 1.165) is 0 Å². The third kappa shape index (κ3) is 2.22. The van der Waals surface area contributed by atoms with E-state index in [1.165, 1.54) is 31.4 Å². The fraction of sp³-hybridized carbons (Fsp3) is 0.0769. The summed E-state index contributed by atoms with van der Waals surface area (Å²) in [7, 11) is -2.58. The summed E-state index contributed by atoms with van der Waals surface area (Å²) in [6, 6.07) is 10.1. The van der Waals surface area contributed by atoms with Gasteiger partial charge in [0, 0.05) is 0 Å². The standard InChI is InChI=1S/C13H12O5S/c1-18-10-7-8-11(13(15)12(10)14)19(16,17)9-5-3-2-4-6-9/h2-8,14-15H,1H3. The molecule has 2 aromatic rings. The Morgan fingerprint density at radius 3 is 2.16 bits per heavy atom. The van der Waals surface area contributed by atoms with Crippen molar-refractivity contribution in [2.45, 2.75) is 9.79 Å². The molecule has 0 aromatic heterocycles. The highest BCUT2D eigenvalue weighted by atomic mass is 32.2. The molecule has 0 atom stereocenters. The summed E-state index contributed by atoms with van der Waals surface area (Å²) in [4.78, 5) is -0.327. The van der Waals surface area contributed by atoms with Crippen LogP contribution < -0.4 is 4.74 Å². The molecule has 100 valence electrons. The summed E-state index contributed by atoms with van der Waals surface area (Å²) in [5.41, 5.74) is 0. The summed E-state index contributed by atoms with van der Waals surface area (Å²) in [6.07, 6.45) is 0. The number of methoxy groups -OCH3 is 1. The van der Waals surface area contributed by atoms with Crippen LogP contribution in [-0.2, 0) is 9.84 Å². The van der Waals surface area contributed by atoms with E-state index < -0.39 is 21.3 Å². The predicted octanol–water partition coefficient (Wildman–Crippen LogP) is 1.94. The molecule has 2 aromatic carbocycles. The Hall–Kier alpha value is -2.21. The molecule has 0 saturated heterocycles. The van der Waals surface area contributed by atoms with Gasteiger partial charge < -0.3 is 14.9 Å². The average molecular weight is 280 g/mol. The number of hydrogen-bond donors (Lipinski definition) is 2. The number of ether oxygens (including phenoxy) is 1. The van der Waals surface area contributed by atoms with E-state index in [4.69, 9.17) is 4.74 Å². The Kier molecular flexibility index (Phi) is 3.35. The van der Waals surface area contributed by atoms with Gasteiger partial charge >= 0.3 is 0 Å². The number of benzene rings is 2. The van der Waals surface area contributed by atoms with E-state index in [1.54, 1.807) is 18.2 Å². The van der Waals surface area contributed by atoms with Crippen molar-refractivity contribution in [1.29, 1.82) is 0 Å². The van der Waals surface area contributed by atoms with E-state index in [-0.39, 0.29) is 15.5 Å². The van der Waals surface area contributed by atoms with Gasteiger partial charge in [-0.2, -0.15) is 0 Å². The van der Waals surface area contributed by atoms with Crippen LogP contribution in [-0.4, -0.2) is 25.7 Å². The molecule has 0 unspecified atom stereocenters. The molecule has 0 bridgehead atoms. The molecule has 2 N–H and O–H groups in total. The normalized spacial score (nSPS) is 11.2. The summed E-state index contributed by atoms with van der Waals surface area (Å²) in [5, 5.41) is 19.4. The van der Waals surface area contributed by atoms with Gasteiger partial charge in [-0.1, -0.05) is 18.2 Å². The first-order chi connectivity index (χ1) is 8.98. The number of phenolic OH excluding ortho intramolecular Hbond substituents is 2. The first-order valence-corrected chi connectivity index (χ1v) is 6.86. The third-order valence-corrected chi connectivity index (χ3v) is 4.44. The Morgan fingerprint density at radius 1 is 0.947 bits per heavy atom. The van der Waals surface area contributed by atoms with Gasteiger partial charge in [-0.3, -0.25) is 0 Å². The number of phenols is 2. The molecule has 0 fully saturated rings. The van der Waals surface area contributed by atoms with Crippen molar-refractivity contribution in [3.8, 4) is 17.2 Å². The van der Waals surface area contributed by atoms with Crippen molar-refractivity contribution in [3.05, 3.63) is 42.5 Å². The summed E-state index contributed by atoms with van der Waals surface area (Å²) in [6.45, 7) is 0. The molecule has 0 aliphatic carbocycles. The minimum absolute atomic E-state index is 0.00418. The van der Waals surface area contributed by atoms with Gasteiger partial charge in [-0.15, -0.1) is 0 Å². The summed E-state index contributed by atoms with van der Waals surface area (Å²) < 4.78 is 29.4. The maximum Gasteiger partial charge on any atom is 0.210 e. The van der Waals surface area contributed by atoms with Gasteiger partial charge in [0.15, 0.2) is 11.5 Å². The van der Waals surface area contributed by atoms with Crippen LogP contribution in [0.3, 0.4) is 0 Å². The lowest BCUT2D eigenvalue weighted by Crippen LogP contribution is -2.02. The average Bonchev–Trinajstić information content (AvgIpc) is 2.42. The molecule has 0 heterocycles. The van der Waals surface area contributed by atoms with E-state index in [0.29, 0.717) is 0 Å². The monoisotopic (exact) mass is 280 g/mol. The molecular formula is C13H12O5S. The van der Waals surface area contributed by atoms with Crippen molar-refractivity contribution in [3.63, 3.8) is 0 Å². The van der Waals surface area contributed by atoms with Crippen LogP contribution in [0.5, 0.6) is 17.2 Å². The second-order valence-electron chi connectivity index (χ2n) is 3.78. The Balaban J connectivity index is 2.63. The van der Waals surface area contributed by atoms with Crippen molar-refractivity contribution < 1.29 is 23.4 Å². The third-order valence-electron chi connectivity index (χ3n) is 2.64. The summed E-state index contributed by atoms with van der Waals surface area (Å²) >= 11 is 0. The lowest BCUT2D eigenvalue weighted by molar-refractivity contribution is 0.346. The number of sulfone groups is 1.